The van der Waals surface area contributed by atoms with Crippen molar-refractivity contribution in [1.82, 2.24) is 4.98 Å². The highest BCUT2D eigenvalue weighted by Gasteiger charge is 2.15. The maximum atomic E-state index is 8.76. The Morgan fingerprint density at radius 2 is 2.20 bits per heavy atom. The summed E-state index contributed by atoms with van der Waals surface area (Å²) in [6, 6.07) is 3.96. The molecule has 0 atom stereocenters. The largest absolute Gasteiger partial charge is 0.392 e. The van der Waals surface area contributed by atoms with Crippen LogP contribution in [0.4, 0.5) is 5.82 Å². The van der Waals surface area contributed by atoms with Gasteiger partial charge in [0.05, 0.1) is 6.61 Å². The average molecular weight is 204 g/mol. The van der Waals surface area contributed by atoms with Crippen LogP contribution in [0.3, 0.4) is 0 Å². The molecular formula is C12H16N2O. The SMILES string of the molecule is OC/C=C/c1cccnc1N1CCCC1. The predicted molar refractivity (Wildman–Crippen MR) is 61.8 cm³/mol. The quantitative estimate of drug-likeness (QED) is 0.814. The number of aliphatic hydroxyl groups excluding tert-OH is 1. The molecule has 3 nitrogen and oxygen atoms in total. The van der Waals surface area contributed by atoms with Crippen LogP contribution in [0.25, 0.3) is 6.08 Å². The van der Waals surface area contributed by atoms with Crippen molar-refractivity contribution < 1.29 is 5.11 Å². The standard InChI is InChI=1S/C12H16N2O/c15-10-4-6-11-5-3-7-13-12(11)14-8-1-2-9-14/h3-7,15H,1-2,8-10H2/b6-4+. The Bertz CT molecular complexity index is 343. The van der Waals surface area contributed by atoms with Crippen LogP contribution >= 0.6 is 0 Å². The second kappa shape index (κ2) is 4.94. The molecule has 0 aromatic carbocycles. The van der Waals surface area contributed by atoms with Crippen molar-refractivity contribution in [2.24, 2.45) is 0 Å². The van der Waals surface area contributed by atoms with E-state index in [1.807, 2.05) is 24.4 Å². The van der Waals surface area contributed by atoms with Crippen LogP contribution < -0.4 is 4.90 Å². The lowest BCUT2D eigenvalue weighted by atomic mass is 10.2. The summed E-state index contributed by atoms with van der Waals surface area (Å²) in [5, 5.41) is 8.76. The Hall–Kier alpha value is -1.35. The first kappa shape index (κ1) is 10.2. The number of nitrogens with zero attached hydrogens (tertiary/aromatic N) is 2. The first-order chi connectivity index (χ1) is 7.42. The Morgan fingerprint density at radius 3 is 2.93 bits per heavy atom. The fraction of sp³-hybridized carbons (Fsp3) is 0.417. The molecule has 0 amide bonds. The van der Waals surface area contributed by atoms with E-state index in [1.165, 1.54) is 12.8 Å². The van der Waals surface area contributed by atoms with Gasteiger partial charge in [-0.2, -0.15) is 0 Å². The minimum Gasteiger partial charge on any atom is -0.392 e. The number of aromatic nitrogens is 1. The van der Waals surface area contributed by atoms with Crippen molar-refractivity contribution >= 4 is 11.9 Å². The number of rotatable bonds is 3. The van der Waals surface area contributed by atoms with E-state index in [9.17, 15) is 0 Å². The summed E-state index contributed by atoms with van der Waals surface area (Å²) < 4.78 is 0. The van der Waals surface area contributed by atoms with Crippen LogP contribution in [0.1, 0.15) is 18.4 Å². The molecule has 0 saturated carbocycles. The summed E-state index contributed by atoms with van der Waals surface area (Å²) >= 11 is 0. The summed E-state index contributed by atoms with van der Waals surface area (Å²) in [6.45, 7) is 2.27. The summed E-state index contributed by atoms with van der Waals surface area (Å²) in [5.74, 6) is 1.04. The van der Waals surface area contributed by atoms with E-state index in [-0.39, 0.29) is 6.61 Å². The molecule has 0 unspecified atom stereocenters. The molecule has 2 heterocycles. The molecule has 3 heteroatoms. The van der Waals surface area contributed by atoms with E-state index >= 15 is 0 Å². The zero-order valence-electron chi connectivity index (χ0n) is 8.76. The van der Waals surface area contributed by atoms with Crippen molar-refractivity contribution in [3.05, 3.63) is 30.0 Å². The summed E-state index contributed by atoms with van der Waals surface area (Å²) in [5.41, 5.74) is 1.09. The highest BCUT2D eigenvalue weighted by Crippen LogP contribution is 2.22. The molecule has 1 aromatic rings. The van der Waals surface area contributed by atoms with Gasteiger partial charge in [-0.15, -0.1) is 0 Å². The van der Waals surface area contributed by atoms with Crippen LogP contribution in [-0.2, 0) is 0 Å². The van der Waals surface area contributed by atoms with Crippen LogP contribution in [-0.4, -0.2) is 29.8 Å². The molecule has 1 aliphatic rings. The van der Waals surface area contributed by atoms with E-state index in [4.69, 9.17) is 5.11 Å². The third-order valence-corrected chi connectivity index (χ3v) is 2.63. The van der Waals surface area contributed by atoms with Gasteiger partial charge >= 0.3 is 0 Å². The molecular weight excluding hydrogens is 188 g/mol. The molecule has 1 aromatic heterocycles. The smallest absolute Gasteiger partial charge is 0.135 e. The Labute approximate surface area is 90.1 Å². The van der Waals surface area contributed by atoms with Gasteiger partial charge in [-0.05, 0) is 25.0 Å². The fourth-order valence-electron chi connectivity index (χ4n) is 1.91. The van der Waals surface area contributed by atoms with Gasteiger partial charge in [-0.1, -0.05) is 12.2 Å². The molecule has 0 bridgehead atoms. The van der Waals surface area contributed by atoms with Gasteiger partial charge in [-0.25, -0.2) is 4.98 Å². The number of anilines is 1. The third kappa shape index (κ3) is 2.36. The van der Waals surface area contributed by atoms with Gasteiger partial charge in [0, 0.05) is 24.8 Å². The minimum absolute atomic E-state index is 0.0777. The number of hydrogen-bond acceptors (Lipinski definition) is 3. The molecule has 0 spiro atoms. The fourth-order valence-corrected chi connectivity index (χ4v) is 1.91. The first-order valence-corrected chi connectivity index (χ1v) is 5.39. The lowest BCUT2D eigenvalue weighted by Crippen LogP contribution is -2.19. The number of aliphatic hydroxyl groups is 1. The zero-order valence-corrected chi connectivity index (χ0v) is 8.76. The van der Waals surface area contributed by atoms with E-state index in [0.29, 0.717) is 0 Å². The van der Waals surface area contributed by atoms with Crippen LogP contribution in [0.15, 0.2) is 24.4 Å². The first-order valence-electron chi connectivity index (χ1n) is 5.39. The summed E-state index contributed by atoms with van der Waals surface area (Å²) in [4.78, 5) is 6.71. The second-order valence-electron chi connectivity index (χ2n) is 3.70. The molecule has 0 aliphatic carbocycles. The zero-order chi connectivity index (χ0) is 10.5. The van der Waals surface area contributed by atoms with E-state index < -0.39 is 0 Å². The molecule has 1 fully saturated rings. The number of pyridine rings is 1. The Balaban J connectivity index is 2.24. The monoisotopic (exact) mass is 204 g/mol. The highest BCUT2D eigenvalue weighted by molar-refractivity contribution is 5.64. The van der Waals surface area contributed by atoms with Crippen molar-refractivity contribution in [1.29, 1.82) is 0 Å². The molecule has 0 radical (unpaired) electrons. The van der Waals surface area contributed by atoms with Crippen molar-refractivity contribution in [2.45, 2.75) is 12.8 Å². The Morgan fingerprint density at radius 1 is 1.40 bits per heavy atom. The molecule has 1 aliphatic heterocycles. The lowest BCUT2D eigenvalue weighted by Gasteiger charge is -2.18. The maximum Gasteiger partial charge on any atom is 0.135 e. The molecule has 2 rings (SSSR count). The van der Waals surface area contributed by atoms with Gasteiger partial charge < -0.3 is 10.0 Å². The van der Waals surface area contributed by atoms with Crippen molar-refractivity contribution in [3.63, 3.8) is 0 Å². The molecule has 1 saturated heterocycles. The Kier molecular flexibility index (Phi) is 3.35. The van der Waals surface area contributed by atoms with E-state index in [2.05, 4.69) is 9.88 Å². The normalized spacial score (nSPS) is 16.5. The molecule has 80 valence electrons. The predicted octanol–water partition coefficient (Wildman–Crippen LogP) is 1.69. The summed E-state index contributed by atoms with van der Waals surface area (Å²) in [6.07, 6.45) is 8.00. The molecule has 15 heavy (non-hydrogen) atoms. The van der Waals surface area contributed by atoms with E-state index in [1.54, 1.807) is 6.08 Å². The third-order valence-electron chi connectivity index (χ3n) is 2.63. The minimum atomic E-state index is 0.0777. The van der Waals surface area contributed by atoms with Gasteiger partial charge in [0.25, 0.3) is 0 Å². The van der Waals surface area contributed by atoms with Gasteiger partial charge in [-0.3, -0.25) is 0 Å². The van der Waals surface area contributed by atoms with Crippen molar-refractivity contribution in [2.75, 3.05) is 24.6 Å². The van der Waals surface area contributed by atoms with Crippen molar-refractivity contribution in [3.8, 4) is 0 Å². The van der Waals surface area contributed by atoms with Gasteiger partial charge in [0.2, 0.25) is 0 Å². The van der Waals surface area contributed by atoms with Gasteiger partial charge in [0.15, 0.2) is 0 Å². The van der Waals surface area contributed by atoms with E-state index in [0.717, 1.165) is 24.5 Å². The molecule has 1 N–H and O–H groups in total. The van der Waals surface area contributed by atoms with Gasteiger partial charge in [0.1, 0.15) is 5.82 Å². The topological polar surface area (TPSA) is 36.4 Å². The van der Waals surface area contributed by atoms with Crippen LogP contribution in [0.5, 0.6) is 0 Å². The van der Waals surface area contributed by atoms with Crippen LogP contribution in [0, 0.1) is 0 Å². The highest BCUT2D eigenvalue weighted by atomic mass is 16.2. The van der Waals surface area contributed by atoms with Crippen LogP contribution in [0.2, 0.25) is 0 Å². The summed E-state index contributed by atoms with van der Waals surface area (Å²) in [7, 11) is 0. The maximum absolute atomic E-state index is 8.76. The lowest BCUT2D eigenvalue weighted by molar-refractivity contribution is 0.343. The average Bonchev–Trinajstić information content (AvgIpc) is 2.80. The number of hydrogen-bond donors (Lipinski definition) is 1. The second-order valence-corrected chi connectivity index (χ2v) is 3.70.